The van der Waals surface area contributed by atoms with Crippen LogP contribution in [0.5, 0.6) is 0 Å². The summed E-state index contributed by atoms with van der Waals surface area (Å²) in [5.41, 5.74) is 6.19. The van der Waals surface area contributed by atoms with E-state index < -0.39 is 0 Å². The smallest absolute Gasteiger partial charge is 0.227 e. The second-order valence-corrected chi connectivity index (χ2v) is 6.43. The van der Waals surface area contributed by atoms with Crippen LogP contribution in [0.2, 0.25) is 0 Å². The minimum absolute atomic E-state index is 0.654. The topological polar surface area (TPSA) is 29.3 Å². The fourth-order valence-electron chi connectivity index (χ4n) is 2.81. The summed E-state index contributed by atoms with van der Waals surface area (Å²) in [6, 6.07) is 24.5. The van der Waals surface area contributed by atoms with Gasteiger partial charge in [-0.05, 0) is 47.5 Å². The summed E-state index contributed by atoms with van der Waals surface area (Å²) >= 11 is 0. The van der Waals surface area contributed by atoms with Crippen molar-refractivity contribution in [2.75, 3.05) is 19.0 Å². The number of para-hydroxylation sites is 2. The molecule has 128 valence electrons. The molecule has 1 heterocycles. The van der Waals surface area contributed by atoms with Gasteiger partial charge < -0.3 is 9.32 Å². The van der Waals surface area contributed by atoms with E-state index in [-0.39, 0.29) is 0 Å². The molecule has 0 aliphatic carbocycles. The van der Waals surface area contributed by atoms with Crippen LogP contribution in [0.15, 0.2) is 77.2 Å². The number of rotatable bonds is 4. The number of hydrogen-bond acceptors (Lipinski definition) is 3. The van der Waals surface area contributed by atoms with E-state index in [9.17, 15) is 0 Å². The summed E-state index contributed by atoms with van der Waals surface area (Å²) in [7, 11) is 4.09. The fourth-order valence-corrected chi connectivity index (χ4v) is 2.81. The van der Waals surface area contributed by atoms with Crippen molar-refractivity contribution in [2.45, 2.75) is 0 Å². The summed E-state index contributed by atoms with van der Waals surface area (Å²) in [6.07, 6.45) is 4.23. The normalized spacial score (nSPS) is 11.3. The molecule has 0 amide bonds. The molecule has 0 atom stereocenters. The first-order valence-corrected chi connectivity index (χ1v) is 8.60. The third-order valence-corrected chi connectivity index (χ3v) is 4.33. The Morgan fingerprint density at radius 1 is 0.769 bits per heavy atom. The molecule has 0 radical (unpaired) electrons. The van der Waals surface area contributed by atoms with Gasteiger partial charge in [-0.15, -0.1) is 0 Å². The van der Waals surface area contributed by atoms with Crippen LogP contribution in [-0.2, 0) is 0 Å². The van der Waals surface area contributed by atoms with Gasteiger partial charge in [-0.1, -0.05) is 48.6 Å². The molecule has 0 aliphatic heterocycles. The third-order valence-electron chi connectivity index (χ3n) is 4.33. The third kappa shape index (κ3) is 3.38. The fraction of sp³-hybridized carbons (Fsp3) is 0.0870. The van der Waals surface area contributed by atoms with Crippen molar-refractivity contribution >= 4 is 28.9 Å². The van der Waals surface area contributed by atoms with E-state index in [4.69, 9.17) is 4.42 Å². The molecule has 0 spiro atoms. The van der Waals surface area contributed by atoms with E-state index >= 15 is 0 Å². The highest BCUT2D eigenvalue weighted by Gasteiger charge is 2.06. The summed E-state index contributed by atoms with van der Waals surface area (Å²) < 4.78 is 5.82. The Bertz CT molecular complexity index is 1010. The molecule has 26 heavy (non-hydrogen) atoms. The second kappa shape index (κ2) is 6.89. The predicted octanol–water partition coefficient (Wildman–Crippen LogP) is 5.73. The molecule has 0 saturated carbocycles. The van der Waals surface area contributed by atoms with Crippen molar-refractivity contribution in [3.05, 3.63) is 83.9 Å². The highest BCUT2D eigenvalue weighted by atomic mass is 16.3. The highest BCUT2D eigenvalue weighted by molar-refractivity contribution is 5.76. The van der Waals surface area contributed by atoms with Crippen molar-refractivity contribution in [3.8, 4) is 11.5 Å². The molecule has 0 unspecified atom stereocenters. The van der Waals surface area contributed by atoms with Crippen LogP contribution in [0.1, 0.15) is 11.1 Å². The molecule has 0 aliphatic rings. The molecule has 4 aromatic rings. The van der Waals surface area contributed by atoms with Crippen LogP contribution in [0, 0.1) is 0 Å². The van der Waals surface area contributed by atoms with E-state index in [1.54, 1.807) is 0 Å². The lowest BCUT2D eigenvalue weighted by atomic mass is 10.1. The van der Waals surface area contributed by atoms with Crippen molar-refractivity contribution < 1.29 is 4.42 Å². The lowest BCUT2D eigenvalue weighted by Crippen LogP contribution is -2.07. The number of nitrogens with zero attached hydrogens (tertiary/aromatic N) is 2. The lowest BCUT2D eigenvalue weighted by molar-refractivity contribution is 0.620. The standard InChI is InChI=1S/C23H20N2O/c1-25(2)20-15-11-18(12-16-20)8-7-17-9-13-19(14-10-17)23-24-21-5-3-4-6-22(21)26-23/h3-16H,1-2H3. The van der Waals surface area contributed by atoms with E-state index in [0.29, 0.717) is 5.89 Å². The Morgan fingerprint density at radius 3 is 2.00 bits per heavy atom. The van der Waals surface area contributed by atoms with Crippen LogP contribution in [0.4, 0.5) is 5.69 Å². The maximum atomic E-state index is 5.82. The molecule has 0 bridgehead atoms. The SMILES string of the molecule is CN(C)c1ccc(C=Cc2ccc(-c3nc4ccccc4o3)cc2)cc1. The molecule has 3 nitrogen and oxygen atoms in total. The van der Waals surface area contributed by atoms with E-state index in [1.165, 1.54) is 11.3 Å². The second-order valence-electron chi connectivity index (χ2n) is 6.43. The summed E-state index contributed by atoms with van der Waals surface area (Å²) in [5, 5.41) is 0. The minimum Gasteiger partial charge on any atom is -0.436 e. The first-order chi connectivity index (χ1) is 12.7. The Labute approximate surface area is 153 Å². The lowest BCUT2D eigenvalue weighted by Gasteiger charge is -2.11. The van der Waals surface area contributed by atoms with Crippen molar-refractivity contribution in [2.24, 2.45) is 0 Å². The Hall–Kier alpha value is -3.33. The molecule has 1 aromatic heterocycles. The summed E-state index contributed by atoms with van der Waals surface area (Å²) in [4.78, 5) is 6.64. The zero-order valence-electron chi connectivity index (χ0n) is 14.9. The Balaban J connectivity index is 1.52. The van der Waals surface area contributed by atoms with Gasteiger partial charge in [0.1, 0.15) is 5.52 Å². The van der Waals surface area contributed by atoms with Crippen molar-refractivity contribution in [1.29, 1.82) is 0 Å². The zero-order chi connectivity index (χ0) is 17.9. The minimum atomic E-state index is 0.654. The molecule has 3 aromatic carbocycles. The van der Waals surface area contributed by atoms with Gasteiger partial charge in [0, 0.05) is 25.3 Å². The molecule has 3 heteroatoms. The maximum absolute atomic E-state index is 5.82. The molecule has 0 saturated heterocycles. The van der Waals surface area contributed by atoms with Crippen LogP contribution in [0.25, 0.3) is 34.7 Å². The monoisotopic (exact) mass is 340 g/mol. The number of aromatic nitrogens is 1. The molecule has 0 fully saturated rings. The van der Waals surface area contributed by atoms with Gasteiger partial charge >= 0.3 is 0 Å². The van der Waals surface area contributed by atoms with E-state index in [0.717, 1.165) is 22.2 Å². The molecule has 0 N–H and O–H groups in total. The summed E-state index contributed by atoms with van der Waals surface area (Å²) in [6.45, 7) is 0. The molecular formula is C23H20N2O. The van der Waals surface area contributed by atoms with Crippen LogP contribution >= 0.6 is 0 Å². The van der Waals surface area contributed by atoms with Gasteiger partial charge in [0.15, 0.2) is 5.58 Å². The summed E-state index contributed by atoms with van der Waals surface area (Å²) in [5.74, 6) is 0.654. The van der Waals surface area contributed by atoms with Crippen LogP contribution < -0.4 is 4.90 Å². The highest BCUT2D eigenvalue weighted by Crippen LogP contribution is 2.24. The Morgan fingerprint density at radius 2 is 1.38 bits per heavy atom. The average Bonchev–Trinajstić information content (AvgIpc) is 3.11. The first kappa shape index (κ1) is 16.2. The van der Waals surface area contributed by atoms with Crippen molar-refractivity contribution in [3.63, 3.8) is 0 Å². The molecular weight excluding hydrogens is 320 g/mol. The number of oxazole rings is 1. The van der Waals surface area contributed by atoms with Gasteiger partial charge in [-0.2, -0.15) is 0 Å². The van der Waals surface area contributed by atoms with Crippen molar-refractivity contribution in [1.82, 2.24) is 4.98 Å². The average molecular weight is 340 g/mol. The first-order valence-electron chi connectivity index (χ1n) is 8.60. The van der Waals surface area contributed by atoms with Gasteiger partial charge in [0.2, 0.25) is 5.89 Å². The van der Waals surface area contributed by atoms with E-state index in [1.807, 2.05) is 50.5 Å². The maximum Gasteiger partial charge on any atom is 0.227 e. The number of fused-ring (bicyclic) bond motifs is 1. The zero-order valence-corrected chi connectivity index (χ0v) is 14.9. The Kier molecular flexibility index (Phi) is 4.28. The van der Waals surface area contributed by atoms with Crippen LogP contribution in [0.3, 0.4) is 0 Å². The number of hydrogen-bond donors (Lipinski definition) is 0. The predicted molar refractivity (Wildman–Crippen MR) is 109 cm³/mol. The molecule has 4 rings (SSSR count). The quantitative estimate of drug-likeness (QED) is 0.444. The van der Waals surface area contributed by atoms with Gasteiger partial charge in [0.25, 0.3) is 0 Å². The van der Waals surface area contributed by atoms with Gasteiger partial charge in [-0.3, -0.25) is 0 Å². The number of anilines is 1. The van der Waals surface area contributed by atoms with Crippen LogP contribution in [-0.4, -0.2) is 19.1 Å². The van der Waals surface area contributed by atoms with Gasteiger partial charge in [-0.25, -0.2) is 4.98 Å². The van der Waals surface area contributed by atoms with E-state index in [2.05, 4.69) is 58.4 Å². The largest absolute Gasteiger partial charge is 0.436 e. The number of benzene rings is 3. The van der Waals surface area contributed by atoms with Gasteiger partial charge in [0.05, 0.1) is 0 Å².